The molecule has 0 saturated heterocycles. The smallest absolute Gasteiger partial charge is 0.174 e. The van der Waals surface area contributed by atoms with Crippen molar-refractivity contribution in [1.82, 2.24) is 0 Å². The Hall–Kier alpha value is -1.79. The van der Waals surface area contributed by atoms with Crippen molar-refractivity contribution in [2.45, 2.75) is 0 Å². The van der Waals surface area contributed by atoms with Gasteiger partial charge in [-0.2, -0.15) is 5.26 Å². The Morgan fingerprint density at radius 3 is 2.64 bits per heavy atom. The molecule has 0 radical (unpaired) electrons. The summed E-state index contributed by atoms with van der Waals surface area (Å²) in [7, 11) is 0. The van der Waals surface area contributed by atoms with Crippen molar-refractivity contribution in [3.8, 4) is 11.8 Å². The molecule has 0 aliphatic heterocycles. The maximum Gasteiger partial charge on any atom is 0.174 e. The maximum absolute atomic E-state index is 8.55. The van der Waals surface area contributed by atoms with Gasteiger partial charge in [0.15, 0.2) is 6.61 Å². The van der Waals surface area contributed by atoms with E-state index in [4.69, 9.17) is 15.1 Å². The molecule has 0 unspecified atom stereocenters. The Kier molecular flexibility index (Phi) is 4.25. The van der Waals surface area contributed by atoms with Gasteiger partial charge >= 0.3 is 0 Å². The third kappa shape index (κ3) is 3.30. The van der Waals surface area contributed by atoms with Gasteiger partial charge in [0, 0.05) is 0 Å². The van der Waals surface area contributed by atoms with Crippen LogP contribution in [0.5, 0.6) is 5.75 Å². The third-order valence-corrected chi connectivity index (χ3v) is 1.60. The first-order chi connectivity index (χ1) is 6.86. The minimum atomic E-state index is 0.0344. The summed E-state index contributed by atoms with van der Waals surface area (Å²) in [4.78, 5) is 0. The molecule has 0 aliphatic carbocycles. The van der Waals surface area contributed by atoms with Gasteiger partial charge in [-0.1, -0.05) is 24.3 Å². The van der Waals surface area contributed by atoms with Crippen LogP contribution in [0.1, 0.15) is 5.56 Å². The number of rotatable bonds is 4. The average molecular weight is 189 g/mol. The Balaban J connectivity index is 2.60. The van der Waals surface area contributed by atoms with Gasteiger partial charge in [-0.3, -0.25) is 0 Å². The first-order valence-electron chi connectivity index (χ1n) is 4.24. The van der Waals surface area contributed by atoms with Crippen LogP contribution in [0.2, 0.25) is 0 Å². The molecule has 3 nitrogen and oxygen atoms in total. The number of benzene rings is 1. The lowest BCUT2D eigenvalue weighted by Gasteiger charge is -2.00. The number of hydrogen-bond donors (Lipinski definition) is 1. The molecule has 1 rings (SSSR count). The van der Waals surface area contributed by atoms with E-state index in [2.05, 4.69) is 0 Å². The predicted octanol–water partition coefficient (Wildman–Crippen LogP) is 1.59. The fraction of sp³-hybridized carbons (Fsp3) is 0.182. The second kappa shape index (κ2) is 5.79. The fourth-order valence-corrected chi connectivity index (χ4v) is 0.980. The lowest BCUT2D eigenvalue weighted by Crippen LogP contribution is -1.92. The summed E-state index contributed by atoms with van der Waals surface area (Å²) in [5.41, 5.74) is 0.989. The van der Waals surface area contributed by atoms with Crippen molar-refractivity contribution in [3.05, 3.63) is 35.9 Å². The lowest BCUT2D eigenvalue weighted by atomic mass is 10.2. The van der Waals surface area contributed by atoms with E-state index in [0.717, 1.165) is 5.56 Å². The van der Waals surface area contributed by atoms with Crippen LogP contribution in [0.3, 0.4) is 0 Å². The second-order valence-electron chi connectivity index (χ2n) is 2.60. The van der Waals surface area contributed by atoms with Crippen LogP contribution in [0.25, 0.3) is 6.08 Å². The molecule has 0 aromatic heterocycles. The van der Waals surface area contributed by atoms with E-state index in [0.29, 0.717) is 5.75 Å². The van der Waals surface area contributed by atoms with Gasteiger partial charge in [-0.15, -0.1) is 0 Å². The van der Waals surface area contributed by atoms with Crippen molar-refractivity contribution in [2.24, 2.45) is 0 Å². The van der Waals surface area contributed by atoms with Gasteiger partial charge in [0.05, 0.1) is 6.61 Å². The van der Waals surface area contributed by atoms with Gasteiger partial charge in [0.25, 0.3) is 0 Å². The summed E-state index contributed by atoms with van der Waals surface area (Å²) in [5, 5.41) is 16.8. The average Bonchev–Trinajstić information content (AvgIpc) is 2.25. The highest BCUT2D eigenvalue weighted by Gasteiger charge is 1.91. The van der Waals surface area contributed by atoms with Crippen LogP contribution in [0.4, 0.5) is 0 Å². The topological polar surface area (TPSA) is 53.2 Å². The van der Waals surface area contributed by atoms with E-state index in [-0.39, 0.29) is 13.2 Å². The first-order valence-corrected chi connectivity index (χ1v) is 4.24. The molecule has 3 heteroatoms. The second-order valence-corrected chi connectivity index (χ2v) is 2.60. The molecule has 72 valence electrons. The van der Waals surface area contributed by atoms with Crippen molar-refractivity contribution in [3.63, 3.8) is 0 Å². The van der Waals surface area contributed by atoms with Gasteiger partial charge < -0.3 is 9.84 Å². The number of hydrogen-bond acceptors (Lipinski definition) is 3. The summed E-state index contributed by atoms with van der Waals surface area (Å²) in [6, 6.07) is 9.19. The highest BCUT2D eigenvalue weighted by Crippen LogP contribution is 2.12. The Bertz CT molecular complexity index is 335. The molecule has 1 aromatic carbocycles. The number of nitrogens with zero attached hydrogens (tertiary/aromatic N) is 1. The normalized spacial score (nSPS) is 10.0. The third-order valence-electron chi connectivity index (χ3n) is 1.60. The van der Waals surface area contributed by atoms with E-state index < -0.39 is 0 Å². The maximum atomic E-state index is 8.55. The number of aliphatic hydroxyl groups excluding tert-OH is 1. The summed E-state index contributed by atoms with van der Waals surface area (Å²) >= 11 is 0. The molecule has 0 heterocycles. The van der Waals surface area contributed by atoms with E-state index in [1.54, 1.807) is 18.2 Å². The monoisotopic (exact) mass is 189 g/mol. The van der Waals surface area contributed by atoms with Crippen LogP contribution in [-0.4, -0.2) is 18.3 Å². The molecule has 0 amide bonds. The van der Waals surface area contributed by atoms with Crippen LogP contribution in [0.15, 0.2) is 30.3 Å². The molecule has 14 heavy (non-hydrogen) atoms. The molecule has 0 saturated carbocycles. The van der Waals surface area contributed by atoms with Gasteiger partial charge in [-0.05, 0) is 17.7 Å². The molecule has 0 atom stereocenters. The molecular weight excluding hydrogens is 178 g/mol. The Morgan fingerprint density at radius 2 is 2.07 bits per heavy atom. The minimum absolute atomic E-state index is 0.0344. The fourth-order valence-electron chi connectivity index (χ4n) is 0.980. The zero-order chi connectivity index (χ0) is 10.2. The van der Waals surface area contributed by atoms with E-state index >= 15 is 0 Å². The van der Waals surface area contributed by atoms with E-state index in [1.807, 2.05) is 24.3 Å². The molecule has 0 bridgehead atoms. The number of aliphatic hydroxyl groups is 1. The SMILES string of the molecule is N#CCOc1ccc(C=CCO)cc1. The van der Waals surface area contributed by atoms with Crippen molar-refractivity contribution >= 4 is 6.08 Å². The van der Waals surface area contributed by atoms with E-state index in [1.165, 1.54) is 0 Å². The largest absolute Gasteiger partial charge is 0.479 e. The quantitative estimate of drug-likeness (QED) is 0.782. The highest BCUT2D eigenvalue weighted by molar-refractivity contribution is 5.50. The van der Waals surface area contributed by atoms with Gasteiger partial charge in [-0.25, -0.2) is 0 Å². The van der Waals surface area contributed by atoms with Crippen molar-refractivity contribution in [1.29, 1.82) is 5.26 Å². The molecule has 1 N–H and O–H groups in total. The standard InChI is InChI=1S/C11H11NO2/c12-7-9-14-11-5-3-10(4-6-11)2-1-8-13/h1-6,13H,8-9H2. The lowest BCUT2D eigenvalue weighted by molar-refractivity contribution is 0.343. The number of ether oxygens (including phenoxy) is 1. The van der Waals surface area contributed by atoms with Crippen LogP contribution in [0, 0.1) is 11.3 Å². The summed E-state index contributed by atoms with van der Waals surface area (Å²) in [6.07, 6.45) is 3.47. The highest BCUT2D eigenvalue weighted by atomic mass is 16.5. The summed E-state index contributed by atoms with van der Waals surface area (Å²) < 4.78 is 5.08. The molecule has 0 spiro atoms. The van der Waals surface area contributed by atoms with Crippen molar-refractivity contribution in [2.75, 3.05) is 13.2 Å². The van der Waals surface area contributed by atoms with Crippen LogP contribution >= 0.6 is 0 Å². The van der Waals surface area contributed by atoms with Crippen molar-refractivity contribution < 1.29 is 9.84 Å². The Morgan fingerprint density at radius 1 is 1.36 bits per heavy atom. The minimum Gasteiger partial charge on any atom is -0.479 e. The predicted molar refractivity (Wildman–Crippen MR) is 53.7 cm³/mol. The Labute approximate surface area is 82.9 Å². The van der Waals surface area contributed by atoms with E-state index in [9.17, 15) is 0 Å². The molecule has 0 fully saturated rings. The summed E-state index contributed by atoms with van der Waals surface area (Å²) in [6.45, 7) is 0.0957. The van der Waals surface area contributed by atoms with Gasteiger partial charge in [0.2, 0.25) is 0 Å². The van der Waals surface area contributed by atoms with Crippen LogP contribution in [-0.2, 0) is 0 Å². The molecule has 1 aromatic rings. The number of nitriles is 1. The molecular formula is C11H11NO2. The zero-order valence-corrected chi connectivity index (χ0v) is 7.68. The zero-order valence-electron chi connectivity index (χ0n) is 7.68. The summed E-state index contributed by atoms with van der Waals surface area (Å²) in [5.74, 6) is 0.674. The van der Waals surface area contributed by atoms with Crippen LogP contribution < -0.4 is 4.74 Å². The van der Waals surface area contributed by atoms with Gasteiger partial charge in [0.1, 0.15) is 11.8 Å². The molecule has 0 aliphatic rings. The first kappa shape index (κ1) is 10.3.